The number of amides is 1. The van der Waals surface area contributed by atoms with Crippen LogP contribution in [0.5, 0.6) is 11.5 Å². The van der Waals surface area contributed by atoms with Gasteiger partial charge >= 0.3 is 0 Å². The number of nitrogens with one attached hydrogen (secondary N) is 1. The van der Waals surface area contributed by atoms with Crippen molar-refractivity contribution in [2.75, 3.05) is 19.0 Å². The van der Waals surface area contributed by atoms with Crippen LogP contribution in [0.1, 0.15) is 42.1 Å². The summed E-state index contributed by atoms with van der Waals surface area (Å²) in [5, 5.41) is 2.79. The molecule has 5 nitrogen and oxygen atoms in total. The standard InChI is InChI=1S/C21H25NO4/c1-4-5-11-26-20-14-19(25-3)15(2)12-17(20)22-21(24)13-18(23)16-9-7-6-8-10-16/h6-10,12,14H,4-5,11,13H2,1-3H3,(H,22,24). The fourth-order valence-corrected chi connectivity index (χ4v) is 2.50. The van der Waals surface area contributed by atoms with Crippen molar-refractivity contribution in [3.05, 3.63) is 53.6 Å². The average molecular weight is 355 g/mol. The van der Waals surface area contributed by atoms with Gasteiger partial charge in [-0.1, -0.05) is 43.7 Å². The number of benzene rings is 2. The molecule has 2 aromatic carbocycles. The average Bonchev–Trinajstić information content (AvgIpc) is 2.64. The molecule has 0 fully saturated rings. The lowest BCUT2D eigenvalue weighted by molar-refractivity contribution is -0.115. The molecule has 5 heteroatoms. The summed E-state index contributed by atoms with van der Waals surface area (Å²) in [5.74, 6) is 0.641. The molecule has 0 radical (unpaired) electrons. The van der Waals surface area contributed by atoms with E-state index in [1.54, 1.807) is 43.5 Å². The van der Waals surface area contributed by atoms with Crippen LogP contribution < -0.4 is 14.8 Å². The Hall–Kier alpha value is -2.82. The molecular weight excluding hydrogens is 330 g/mol. The maximum atomic E-state index is 12.3. The fourth-order valence-electron chi connectivity index (χ4n) is 2.50. The molecule has 138 valence electrons. The van der Waals surface area contributed by atoms with E-state index in [9.17, 15) is 9.59 Å². The van der Waals surface area contributed by atoms with Crippen LogP contribution in [0.3, 0.4) is 0 Å². The van der Waals surface area contributed by atoms with Crippen molar-refractivity contribution >= 4 is 17.4 Å². The molecule has 0 aromatic heterocycles. The fraction of sp³-hybridized carbons (Fsp3) is 0.333. The summed E-state index contributed by atoms with van der Waals surface area (Å²) in [6, 6.07) is 12.3. The highest BCUT2D eigenvalue weighted by molar-refractivity contribution is 6.11. The number of carbonyl (C=O) groups excluding carboxylic acids is 2. The number of rotatable bonds is 9. The first-order chi connectivity index (χ1) is 12.5. The first-order valence-corrected chi connectivity index (χ1v) is 8.74. The van der Waals surface area contributed by atoms with Crippen molar-refractivity contribution in [1.29, 1.82) is 0 Å². The zero-order chi connectivity index (χ0) is 18.9. The van der Waals surface area contributed by atoms with Gasteiger partial charge in [0.15, 0.2) is 5.78 Å². The Labute approximate surface area is 154 Å². The number of unbranched alkanes of at least 4 members (excludes halogenated alkanes) is 1. The number of methoxy groups -OCH3 is 1. The SMILES string of the molecule is CCCCOc1cc(OC)c(C)cc1NC(=O)CC(=O)c1ccccc1. The van der Waals surface area contributed by atoms with Gasteiger partial charge in [0.1, 0.15) is 11.5 Å². The van der Waals surface area contributed by atoms with Gasteiger partial charge in [-0.05, 0) is 25.0 Å². The van der Waals surface area contributed by atoms with Gasteiger partial charge in [-0.15, -0.1) is 0 Å². The van der Waals surface area contributed by atoms with Crippen molar-refractivity contribution in [2.45, 2.75) is 33.1 Å². The quantitative estimate of drug-likeness (QED) is 0.411. The normalized spacial score (nSPS) is 10.3. The summed E-state index contributed by atoms with van der Waals surface area (Å²) in [6.45, 7) is 4.52. The Morgan fingerprint density at radius 1 is 1.08 bits per heavy atom. The first-order valence-electron chi connectivity index (χ1n) is 8.74. The van der Waals surface area contributed by atoms with Gasteiger partial charge in [0.2, 0.25) is 5.91 Å². The van der Waals surface area contributed by atoms with Crippen LogP contribution in [-0.2, 0) is 4.79 Å². The smallest absolute Gasteiger partial charge is 0.232 e. The Morgan fingerprint density at radius 2 is 1.81 bits per heavy atom. The molecule has 0 unspecified atom stereocenters. The van der Waals surface area contributed by atoms with Gasteiger partial charge < -0.3 is 14.8 Å². The van der Waals surface area contributed by atoms with Gasteiger partial charge in [-0.25, -0.2) is 0 Å². The maximum Gasteiger partial charge on any atom is 0.232 e. The van der Waals surface area contributed by atoms with Crippen molar-refractivity contribution < 1.29 is 19.1 Å². The molecule has 1 N–H and O–H groups in total. The van der Waals surface area contributed by atoms with Crippen molar-refractivity contribution in [1.82, 2.24) is 0 Å². The summed E-state index contributed by atoms with van der Waals surface area (Å²) in [5.41, 5.74) is 1.94. The van der Waals surface area contributed by atoms with Crippen molar-refractivity contribution in [3.63, 3.8) is 0 Å². The Morgan fingerprint density at radius 3 is 2.46 bits per heavy atom. The van der Waals surface area contributed by atoms with Crippen LogP contribution in [0, 0.1) is 6.92 Å². The Bertz CT molecular complexity index is 756. The van der Waals surface area contributed by atoms with E-state index in [1.165, 1.54) is 0 Å². The molecule has 0 atom stereocenters. The van der Waals surface area contributed by atoms with E-state index in [1.807, 2.05) is 13.0 Å². The third-order valence-corrected chi connectivity index (χ3v) is 3.94. The number of ether oxygens (including phenoxy) is 2. The van der Waals surface area contributed by atoms with Crippen LogP contribution in [0.25, 0.3) is 0 Å². The van der Waals surface area contributed by atoms with E-state index in [-0.39, 0.29) is 18.1 Å². The summed E-state index contributed by atoms with van der Waals surface area (Å²) in [4.78, 5) is 24.5. The maximum absolute atomic E-state index is 12.3. The van der Waals surface area contributed by atoms with E-state index >= 15 is 0 Å². The topological polar surface area (TPSA) is 64.6 Å². The molecule has 0 bridgehead atoms. The second kappa shape index (κ2) is 9.61. The molecule has 0 aliphatic heterocycles. The van der Waals surface area contributed by atoms with E-state index in [0.29, 0.717) is 29.4 Å². The number of carbonyl (C=O) groups is 2. The second-order valence-corrected chi connectivity index (χ2v) is 6.03. The molecule has 0 spiro atoms. The molecular formula is C21H25NO4. The summed E-state index contributed by atoms with van der Waals surface area (Å²) in [6.07, 6.45) is 1.70. The largest absolute Gasteiger partial charge is 0.496 e. The lowest BCUT2D eigenvalue weighted by Crippen LogP contribution is -2.17. The molecule has 0 saturated carbocycles. The van der Waals surface area contributed by atoms with Crippen LogP contribution in [0.4, 0.5) is 5.69 Å². The zero-order valence-corrected chi connectivity index (χ0v) is 15.5. The van der Waals surface area contributed by atoms with Crippen LogP contribution in [-0.4, -0.2) is 25.4 Å². The van der Waals surface area contributed by atoms with Crippen LogP contribution in [0.2, 0.25) is 0 Å². The highest BCUT2D eigenvalue weighted by Crippen LogP contribution is 2.33. The Balaban J connectivity index is 2.12. The minimum atomic E-state index is -0.372. The summed E-state index contributed by atoms with van der Waals surface area (Å²) < 4.78 is 11.1. The summed E-state index contributed by atoms with van der Waals surface area (Å²) >= 11 is 0. The molecule has 2 rings (SSSR count). The highest BCUT2D eigenvalue weighted by Gasteiger charge is 2.15. The van der Waals surface area contributed by atoms with E-state index in [0.717, 1.165) is 18.4 Å². The number of Topliss-reactive ketones (excluding diaryl/α,β-unsaturated/α-hetero) is 1. The third kappa shape index (κ3) is 5.34. The lowest BCUT2D eigenvalue weighted by atomic mass is 10.1. The van der Waals surface area contributed by atoms with Crippen molar-refractivity contribution in [2.24, 2.45) is 0 Å². The molecule has 0 aliphatic rings. The Kier molecular flexibility index (Phi) is 7.21. The van der Waals surface area contributed by atoms with Gasteiger partial charge in [0.05, 0.1) is 25.8 Å². The number of anilines is 1. The predicted octanol–water partition coefficient (Wildman–Crippen LogP) is 4.39. The first kappa shape index (κ1) is 19.5. The van der Waals surface area contributed by atoms with Crippen LogP contribution >= 0.6 is 0 Å². The number of hydrogen-bond donors (Lipinski definition) is 1. The van der Waals surface area contributed by atoms with Gasteiger partial charge in [0.25, 0.3) is 0 Å². The molecule has 26 heavy (non-hydrogen) atoms. The van der Waals surface area contributed by atoms with Gasteiger partial charge in [-0.3, -0.25) is 9.59 Å². The molecule has 1 amide bonds. The van der Waals surface area contributed by atoms with Crippen molar-refractivity contribution in [3.8, 4) is 11.5 Å². The minimum Gasteiger partial charge on any atom is -0.496 e. The number of hydrogen-bond acceptors (Lipinski definition) is 4. The van der Waals surface area contributed by atoms with E-state index in [2.05, 4.69) is 12.2 Å². The molecule has 2 aromatic rings. The van der Waals surface area contributed by atoms with Gasteiger partial charge in [0, 0.05) is 11.6 Å². The molecule has 0 saturated heterocycles. The van der Waals surface area contributed by atoms with Crippen LogP contribution in [0.15, 0.2) is 42.5 Å². The number of aryl methyl sites for hydroxylation is 1. The molecule has 0 aliphatic carbocycles. The highest BCUT2D eigenvalue weighted by atomic mass is 16.5. The van der Waals surface area contributed by atoms with E-state index < -0.39 is 0 Å². The molecule has 0 heterocycles. The zero-order valence-electron chi connectivity index (χ0n) is 15.5. The number of ketones is 1. The van der Waals surface area contributed by atoms with E-state index in [4.69, 9.17) is 9.47 Å². The predicted molar refractivity (Wildman–Crippen MR) is 102 cm³/mol. The minimum absolute atomic E-state index is 0.219. The second-order valence-electron chi connectivity index (χ2n) is 6.03. The van der Waals surface area contributed by atoms with Gasteiger partial charge in [-0.2, -0.15) is 0 Å². The monoisotopic (exact) mass is 355 g/mol. The lowest BCUT2D eigenvalue weighted by Gasteiger charge is -2.15. The summed E-state index contributed by atoms with van der Waals surface area (Å²) in [7, 11) is 1.59. The third-order valence-electron chi connectivity index (χ3n) is 3.94.